The lowest BCUT2D eigenvalue weighted by Crippen LogP contribution is -2.20. The maximum Gasteiger partial charge on any atom is 0.244 e. The summed E-state index contributed by atoms with van der Waals surface area (Å²) in [6.45, 7) is 5.05. The van der Waals surface area contributed by atoms with E-state index in [4.69, 9.17) is 11.6 Å². The number of aryl methyl sites for hydroxylation is 1. The van der Waals surface area contributed by atoms with Crippen molar-refractivity contribution in [3.05, 3.63) is 93.8 Å². The standard InChI is InChI=1S/C22H22ClN3O/c1-16-20(12-13-22(27)24-14-18-8-4-3-5-9-18)17(2)26(25-16)15-19-10-6-7-11-21(19)23/h3-13H,14-15H2,1-2H3,(H,24,27)/b13-12+. The summed E-state index contributed by atoms with van der Waals surface area (Å²) in [7, 11) is 0. The number of benzene rings is 2. The Morgan fingerprint density at radius 2 is 1.81 bits per heavy atom. The molecule has 0 fully saturated rings. The molecule has 1 aromatic heterocycles. The van der Waals surface area contributed by atoms with Crippen molar-refractivity contribution in [3.63, 3.8) is 0 Å². The van der Waals surface area contributed by atoms with E-state index in [0.717, 1.165) is 33.1 Å². The highest BCUT2D eigenvalue weighted by molar-refractivity contribution is 6.31. The molecule has 27 heavy (non-hydrogen) atoms. The highest BCUT2D eigenvalue weighted by Crippen LogP contribution is 2.20. The number of amides is 1. The highest BCUT2D eigenvalue weighted by Gasteiger charge is 2.11. The van der Waals surface area contributed by atoms with Gasteiger partial charge >= 0.3 is 0 Å². The van der Waals surface area contributed by atoms with Crippen LogP contribution in [0.4, 0.5) is 0 Å². The van der Waals surface area contributed by atoms with Crippen molar-refractivity contribution in [1.29, 1.82) is 0 Å². The van der Waals surface area contributed by atoms with Crippen LogP contribution < -0.4 is 5.32 Å². The lowest BCUT2D eigenvalue weighted by molar-refractivity contribution is -0.116. The summed E-state index contributed by atoms with van der Waals surface area (Å²) < 4.78 is 1.91. The van der Waals surface area contributed by atoms with E-state index in [2.05, 4.69) is 10.4 Å². The fourth-order valence-electron chi connectivity index (χ4n) is 2.90. The van der Waals surface area contributed by atoms with Crippen LogP contribution in [-0.4, -0.2) is 15.7 Å². The molecule has 0 bridgehead atoms. The molecule has 0 aliphatic heterocycles. The molecular weight excluding hydrogens is 358 g/mol. The van der Waals surface area contributed by atoms with Gasteiger partial charge in [-0.25, -0.2) is 0 Å². The summed E-state index contributed by atoms with van der Waals surface area (Å²) in [5.74, 6) is -0.128. The van der Waals surface area contributed by atoms with Gasteiger partial charge in [0.1, 0.15) is 0 Å². The molecule has 5 heteroatoms. The number of rotatable bonds is 6. The normalized spacial score (nSPS) is 11.1. The zero-order valence-electron chi connectivity index (χ0n) is 15.4. The van der Waals surface area contributed by atoms with Gasteiger partial charge in [-0.3, -0.25) is 9.48 Å². The van der Waals surface area contributed by atoms with E-state index in [0.29, 0.717) is 13.1 Å². The van der Waals surface area contributed by atoms with Crippen LogP contribution in [0.25, 0.3) is 6.08 Å². The van der Waals surface area contributed by atoms with Gasteiger partial charge in [-0.2, -0.15) is 5.10 Å². The summed E-state index contributed by atoms with van der Waals surface area (Å²) in [5, 5.41) is 8.21. The van der Waals surface area contributed by atoms with Crippen molar-refractivity contribution in [1.82, 2.24) is 15.1 Å². The average molecular weight is 380 g/mol. The maximum absolute atomic E-state index is 12.1. The first-order valence-corrected chi connectivity index (χ1v) is 9.19. The smallest absolute Gasteiger partial charge is 0.244 e. The number of carbonyl (C=O) groups is 1. The SMILES string of the molecule is Cc1nn(Cc2ccccc2Cl)c(C)c1/C=C/C(=O)NCc1ccccc1. The van der Waals surface area contributed by atoms with Crippen LogP contribution in [0.3, 0.4) is 0 Å². The number of halogens is 1. The molecule has 0 spiro atoms. The minimum Gasteiger partial charge on any atom is -0.348 e. The van der Waals surface area contributed by atoms with E-state index in [9.17, 15) is 4.79 Å². The molecule has 1 N–H and O–H groups in total. The number of nitrogens with one attached hydrogen (secondary N) is 1. The van der Waals surface area contributed by atoms with Gasteiger partial charge in [-0.1, -0.05) is 60.1 Å². The van der Waals surface area contributed by atoms with Crippen molar-refractivity contribution in [2.24, 2.45) is 0 Å². The Hall–Kier alpha value is -2.85. The number of hydrogen-bond donors (Lipinski definition) is 1. The molecule has 2 aromatic carbocycles. The Morgan fingerprint density at radius 1 is 1.11 bits per heavy atom. The summed E-state index contributed by atoms with van der Waals surface area (Å²) in [5.41, 5.74) is 4.92. The number of hydrogen-bond acceptors (Lipinski definition) is 2. The second kappa shape index (κ2) is 8.69. The Morgan fingerprint density at radius 3 is 2.56 bits per heavy atom. The number of carbonyl (C=O) groups excluding carboxylic acids is 1. The maximum atomic E-state index is 12.1. The van der Waals surface area contributed by atoms with Crippen LogP contribution in [0, 0.1) is 13.8 Å². The lowest BCUT2D eigenvalue weighted by Gasteiger charge is -2.06. The molecule has 0 saturated heterocycles. The van der Waals surface area contributed by atoms with Gasteiger partial charge in [0.2, 0.25) is 5.91 Å². The molecule has 0 aliphatic carbocycles. The van der Waals surface area contributed by atoms with E-state index < -0.39 is 0 Å². The minimum absolute atomic E-state index is 0.128. The fraction of sp³-hybridized carbons (Fsp3) is 0.182. The molecule has 3 rings (SSSR count). The molecular formula is C22H22ClN3O. The van der Waals surface area contributed by atoms with Crippen molar-refractivity contribution < 1.29 is 4.79 Å². The largest absolute Gasteiger partial charge is 0.348 e. The van der Waals surface area contributed by atoms with Gasteiger partial charge in [-0.15, -0.1) is 0 Å². The zero-order chi connectivity index (χ0) is 19.2. The van der Waals surface area contributed by atoms with Gasteiger partial charge in [-0.05, 0) is 37.1 Å². The predicted molar refractivity (Wildman–Crippen MR) is 110 cm³/mol. The molecule has 4 nitrogen and oxygen atoms in total. The third kappa shape index (κ3) is 4.86. The third-order valence-corrected chi connectivity index (χ3v) is 4.80. The minimum atomic E-state index is -0.128. The Kier molecular flexibility index (Phi) is 6.09. The van der Waals surface area contributed by atoms with Crippen molar-refractivity contribution >= 4 is 23.6 Å². The van der Waals surface area contributed by atoms with Crippen molar-refractivity contribution in [3.8, 4) is 0 Å². The lowest BCUT2D eigenvalue weighted by atomic mass is 10.1. The molecule has 0 saturated carbocycles. The van der Waals surface area contributed by atoms with Gasteiger partial charge < -0.3 is 5.32 Å². The first kappa shape index (κ1) is 18.9. The first-order valence-electron chi connectivity index (χ1n) is 8.82. The van der Waals surface area contributed by atoms with E-state index >= 15 is 0 Å². The van der Waals surface area contributed by atoms with Gasteiger partial charge in [0, 0.05) is 28.9 Å². The molecule has 3 aromatic rings. The summed E-state index contributed by atoms with van der Waals surface area (Å²) >= 11 is 6.25. The van der Waals surface area contributed by atoms with E-state index in [1.165, 1.54) is 0 Å². The van der Waals surface area contributed by atoms with Crippen molar-refractivity contribution in [2.45, 2.75) is 26.9 Å². The first-order chi connectivity index (χ1) is 13.0. The van der Waals surface area contributed by atoms with Gasteiger partial charge in [0.05, 0.1) is 12.2 Å². The van der Waals surface area contributed by atoms with Crippen molar-refractivity contribution in [2.75, 3.05) is 0 Å². The average Bonchev–Trinajstić information content (AvgIpc) is 2.94. The van der Waals surface area contributed by atoms with Crippen LogP contribution in [0.15, 0.2) is 60.7 Å². The van der Waals surface area contributed by atoms with Crippen LogP contribution >= 0.6 is 11.6 Å². The molecule has 0 aliphatic rings. The number of aromatic nitrogens is 2. The second-order valence-corrected chi connectivity index (χ2v) is 6.78. The van der Waals surface area contributed by atoms with E-state index in [1.807, 2.05) is 79.2 Å². The van der Waals surface area contributed by atoms with Crippen LogP contribution in [0.1, 0.15) is 28.1 Å². The van der Waals surface area contributed by atoms with Gasteiger partial charge in [0.25, 0.3) is 0 Å². The van der Waals surface area contributed by atoms with E-state index in [1.54, 1.807) is 6.08 Å². The summed E-state index contributed by atoms with van der Waals surface area (Å²) in [6, 6.07) is 17.6. The third-order valence-electron chi connectivity index (χ3n) is 4.43. The molecule has 0 radical (unpaired) electrons. The van der Waals surface area contributed by atoms with Crippen LogP contribution in [-0.2, 0) is 17.9 Å². The second-order valence-electron chi connectivity index (χ2n) is 6.37. The highest BCUT2D eigenvalue weighted by atomic mass is 35.5. The Labute approximate surface area is 164 Å². The fourth-order valence-corrected chi connectivity index (χ4v) is 3.09. The molecule has 0 atom stereocenters. The monoisotopic (exact) mass is 379 g/mol. The van der Waals surface area contributed by atoms with Gasteiger partial charge in [0.15, 0.2) is 0 Å². The Bertz CT molecular complexity index is 961. The quantitative estimate of drug-likeness (QED) is 0.639. The topological polar surface area (TPSA) is 46.9 Å². The predicted octanol–water partition coefficient (Wildman–Crippen LogP) is 4.53. The van der Waals surface area contributed by atoms with Crippen LogP contribution in [0.2, 0.25) is 5.02 Å². The number of nitrogens with zero attached hydrogens (tertiary/aromatic N) is 2. The summed E-state index contributed by atoms with van der Waals surface area (Å²) in [6.07, 6.45) is 3.38. The zero-order valence-corrected chi connectivity index (χ0v) is 16.2. The molecule has 1 amide bonds. The van der Waals surface area contributed by atoms with E-state index in [-0.39, 0.29) is 5.91 Å². The summed E-state index contributed by atoms with van der Waals surface area (Å²) in [4.78, 5) is 12.1. The molecule has 1 heterocycles. The van der Waals surface area contributed by atoms with Crippen LogP contribution in [0.5, 0.6) is 0 Å². The molecule has 0 unspecified atom stereocenters. The Balaban J connectivity index is 1.68. The molecule has 138 valence electrons.